The number of hydrogen-bond donors (Lipinski definition) is 2. The number of nitrogens with zero attached hydrogens (tertiary/aromatic N) is 2. The van der Waals surface area contributed by atoms with Crippen molar-refractivity contribution in [2.24, 2.45) is 0 Å². The van der Waals surface area contributed by atoms with Crippen LogP contribution in [0.1, 0.15) is 17.5 Å². The summed E-state index contributed by atoms with van der Waals surface area (Å²) >= 11 is 1.59. The minimum atomic E-state index is -0.351. The van der Waals surface area contributed by atoms with Crippen LogP contribution < -0.4 is 9.62 Å². The monoisotopic (exact) mass is 417 g/mol. The number of piperidine rings is 1. The second-order valence-electron chi connectivity index (χ2n) is 8.08. The maximum atomic E-state index is 10.7. The largest absolute Gasteiger partial charge is 0.392 e. The van der Waals surface area contributed by atoms with Crippen LogP contribution >= 0.6 is 12.1 Å². The third-order valence-electron chi connectivity index (χ3n) is 5.97. The Kier molecular flexibility index (Phi) is 5.67. The zero-order valence-electron chi connectivity index (χ0n) is 16.9. The first-order valence-electron chi connectivity index (χ1n) is 10.6. The first kappa shape index (κ1) is 19.5. The van der Waals surface area contributed by atoms with Gasteiger partial charge in [0.05, 0.1) is 12.1 Å². The summed E-state index contributed by atoms with van der Waals surface area (Å²) in [5, 5.41) is 10.7. The van der Waals surface area contributed by atoms with Gasteiger partial charge in [0.1, 0.15) is 0 Å². The smallest absolute Gasteiger partial charge is 0.0697 e. The maximum absolute atomic E-state index is 10.7. The van der Waals surface area contributed by atoms with Gasteiger partial charge in [0.2, 0.25) is 0 Å². The number of benzene rings is 3. The molecule has 0 saturated carbocycles. The van der Waals surface area contributed by atoms with Gasteiger partial charge in [-0.15, -0.1) is 0 Å². The Hall–Kier alpha value is -2.47. The van der Waals surface area contributed by atoms with E-state index in [1.54, 1.807) is 12.1 Å². The number of aliphatic hydroxyl groups excluding tert-OH is 1. The molecule has 154 valence electrons. The van der Waals surface area contributed by atoms with Crippen molar-refractivity contribution in [2.45, 2.75) is 31.4 Å². The lowest BCUT2D eigenvalue weighted by Gasteiger charge is -2.42. The number of aryl methyl sites for hydroxylation is 2. The molecule has 3 aromatic carbocycles. The van der Waals surface area contributed by atoms with Crippen LogP contribution in [0.2, 0.25) is 0 Å². The molecule has 0 spiro atoms. The van der Waals surface area contributed by atoms with E-state index in [1.165, 1.54) is 22.5 Å². The first-order chi connectivity index (χ1) is 14.8. The van der Waals surface area contributed by atoms with Gasteiger partial charge in [-0.3, -0.25) is 0 Å². The van der Waals surface area contributed by atoms with Gasteiger partial charge in [-0.05, 0) is 54.7 Å². The molecule has 5 rings (SSSR count). The molecule has 0 bridgehead atoms. The second kappa shape index (κ2) is 8.72. The van der Waals surface area contributed by atoms with Crippen LogP contribution in [-0.4, -0.2) is 34.6 Å². The van der Waals surface area contributed by atoms with Crippen molar-refractivity contribution in [3.05, 3.63) is 90.0 Å². The molecule has 0 amide bonds. The summed E-state index contributed by atoms with van der Waals surface area (Å²) in [6.07, 6.45) is 2.52. The molecule has 2 atom stereocenters. The molecule has 4 nitrogen and oxygen atoms in total. The van der Waals surface area contributed by atoms with E-state index < -0.39 is 0 Å². The first-order valence-corrected chi connectivity index (χ1v) is 11.4. The molecular weight excluding hydrogens is 390 g/mol. The van der Waals surface area contributed by atoms with Gasteiger partial charge in [-0.2, -0.15) is 0 Å². The van der Waals surface area contributed by atoms with Gasteiger partial charge < -0.3 is 14.7 Å². The molecule has 0 aliphatic carbocycles. The fraction of sp³-hybridized carbons (Fsp3) is 0.280. The Balaban J connectivity index is 1.43. The van der Waals surface area contributed by atoms with Crippen LogP contribution in [0.15, 0.2) is 78.9 Å². The van der Waals surface area contributed by atoms with Crippen LogP contribution in [0.25, 0.3) is 0 Å². The Bertz CT molecular complexity index is 949. The lowest BCUT2D eigenvalue weighted by Crippen LogP contribution is -2.49. The standard InChI is InChI=1S/C25H27N3OS/c29-23-16-22(17-27(18-23)30-26-21-10-2-1-3-11-21)28-24-12-6-4-8-19(24)14-15-20-9-5-7-13-25(20)28/h1-13,22-23,26,29H,14-18H2/t22?,23-/m1/s1. The fourth-order valence-electron chi connectivity index (χ4n) is 4.60. The van der Waals surface area contributed by atoms with Crippen LogP contribution in [0.3, 0.4) is 0 Å². The summed E-state index contributed by atoms with van der Waals surface area (Å²) in [7, 11) is 0. The van der Waals surface area contributed by atoms with Crippen molar-refractivity contribution >= 4 is 29.2 Å². The van der Waals surface area contributed by atoms with Crippen molar-refractivity contribution < 1.29 is 5.11 Å². The number of hydrogen-bond acceptors (Lipinski definition) is 5. The van der Waals surface area contributed by atoms with E-state index in [-0.39, 0.29) is 12.1 Å². The average Bonchev–Trinajstić information content (AvgIpc) is 2.95. The molecule has 0 aromatic heterocycles. The number of rotatable bonds is 4. The van der Waals surface area contributed by atoms with E-state index in [0.29, 0.717) is 6.54 Å². The van der Waals surface area contributed by atoms with Crippen molar-refractivity contribution in [2.75, 3.05) is 22.7 Å². The summed E-state index contributed by atoms with van der Waals surface area (Å²) in [4.78, 5) is 2.48. The molecule has 2 N–H and O–H groups in total. The third-order valence-corrected chi connectivity index (χ3v) is 6.85. The number of aliphatic hydroxyl groups is 1. The maximum Gasteiger partial charge on any atom is 0.0697 e. The van der Waals surface area contributed by atoms with E-state index in [0.717, 1.165) is 31.5 Å². The minimum absolute atomic E-state index is 0.208. The Morgan fingerprint density at radius 3 is 2.03 bits per heavy atom. The highest BCUT2D eigenvalue weighted by molar-refractivity contribution is 7.98. The zero-order valence-corrected chi connectivity index (χ0v) is 17.8. The van der Waals surface area contributed by atoms with Gasteiger partial charge in [0.15, 0.2) is 0 Å². The summed E-state index contributed by atoms with van der Waals surface area (Å²) in [5.74, 6) is 0. The topological polar surface area (TPSA) is 38.7 Å². The van der Waals surface area contributed by atoms with Crippen molar-refractivity contribution in [1.82, 2.24) is 4.31 Å². The lowest BCUT2D eigenvalue weighted by molar-refractivity contribution is 0.102. The molecule has 5 heteroatoms. The molecular formula is C25H27N3OS. The number of β-amino-alcohol motifs (C(OH)–C–C–N with tert-alkyl or cyclic N) is 1. The van der Waals surface area contributed by atoms with Gasteiger partial charge >= 0.3 is 0 Å². The average molecular weight is 418 g/mol. The zero-order chi connectivity index (χ0) is 20.3. The van der Waals surface area contributed by atoms with E-state index >= 15 is 0 Å². The summed E-state index contributed by atoms with van der Waals surface area (Å²) in [6, 6.07) is 27.9. The van der Waals surface area contributed by atoms with E-state index in [4.69, 9.17) is 0 Å². The van der Waals surface area contributed by atoms with E-state index in [9.17, 15) is 5.11 Å². The Morgan fingerprint density at radius 2 is 1.37 bits per heavy atom. The van der Waals surface area contributed by atoms with Crippen molar-refractivity contribution in [1.29, 1.82) is 0 Å². The number of fused-ring (bicyclic) bond motifs is 2. The fourth-order valence-corrected chi connectivity index (χ4v) is 5.46. The molecule has 0 radical (unpaired) electrons. The number of para-hydroxylation sites is 3. The summed E-state index contributed by atoms with van der Waals surface area (Å²) in [5.41, 5.74) is 6.40. The highest BCUT2D eigenvalue weighted by atomic mass is 32.2. The molecule has 1 saturated heterocycles. The normalized spacial score (nSPS) is 21.4. The Labute approximate surface area is 182 Å². The lowest BCUT2D eigenvalue weighted by atomic mass is 10.0. The van der Waals surface area contributed by atoms with Gasteiger partial charge in [-0.25, -0.2) is 4.31 Å². The van der Waals surface area contributed by atoms with Crippen LogP contribution in [0, 0.1) is 0 Å². The summed E-state index contributed by atoms with van der Waals surface area (Å²) < 4.78 is 5.67. The van der Waals surface area contributed by atoms with Gasteiger partial charge in [-0.1, -0.05) is 54.6 Å². The van der Waals surface area contributed by atoms with Crippen LogP contribution in [-0.2, 0) is 12.8 Å². The van der Waals surface area contributed by atoms with Crippen molar-refractivity contribution in [3.8, 4) is 0 Å². The predicted molar refractivity (Wildman–Crippen MR) is 126 cm³/mol. The summed E-state index contributed by atoms with van der Waals surface area (Å²) in [6.45, 7) is 1.54. The van der Waals surface area contributed by atoms with E-state index in [2.05, 4.69) is 74.6 Å². The number of nitrogens with one attached hydrogen (secondary N) is 1. The molecule has 3 aromatic rings. The second-order valence-corrected chi connectivity index (χ2v) is 8.98. The highest BCUT2D eigenvalue weighted by Crippen LogP contribution is 2.39. The minimum Gasteiger partial charge on any atom is -0.392 e. The SMILES string of the molecule is O[C@@H]1CC(N2c3ccccc3CCc3ccccc32)CN(SNc2ccccc2)C1. The number of anilines is 3. The van der Waals surface area contributed by atoms with Crippen LogP contribution in [0.4, 0.5) is 17.1 Å². The molecule has 1 fully saturated rings. The highest BCUT2D eigenvalue weighted by Gasteiger charge is 2.34. The van der Waals surface area contributed by atoms with Gasteiger partial charge in [0, 0.05) is 42.3 Å². The van der Waals surface area contributed by atoms with Crippen molar-refractivity contribution in [3.63, 3.8) is 0 Å². The molecule has 1 unspecified atom stereocenters. The predicted octanol–water partition coefficient (Wildman–Crippen LogP) is 5.03. The molecule has 2 aliphatic heterocycles. The molecule has 2 aliphatic rings. The third kappa shape index (κ3) is 4.06. The molecule has 2 heterocycles. The van der Waals surface area contributed by atoms with Gasteiger partial charge in [0.25, 0.3) is 0 Å². The Morgan fingerprint density at radius 1 is 0.767 bits per heavy atom. The van der Waals surface area contributed by atoms with E-state index in [1.807, 2.05) is 18.2 Å². The molecule has 30 heavy (non-hydrogen) atoms. The quantitative estimate of drug-likeness (QED) is 0.582. The van der Waals surface area contributed by atoms with Crippen LogP contribution in [0.5, 0.6) is 0 Å².